The normalized spacial score (nSPS) is 26.8. The average Bonchev–Trinajstić information content (AvgIpc) is 3.26. The summed E-state index contributed by atoms with van der Waals surface area (Å²) in [5, 5.41) is 7.91. The summed E-state index contributed by atoms with van der Waals surface area (Å²) in [5.41, 5.74) is -0.730. The summed E-state index contributed by atoms with van der Waals surface area (Å²) in [6.45, 7) is 11.7. The molecule has 2 fully saturated rings. The van der Waals surface area contributed by atoms with Gasteiger partial charge in [-0.15, -0.1) is 0 Å². The van der Waals surface area contributed by atoms with Gasteiger partial charge in [0.25, 0.3) is 0 Å². The average molecular weight is 532 g/mol. The predicted octanol–water partition coefficient (Wildman–Crippen LogP) is 0.734. The maximum atomic E-state index is 13.0. The number of ether oxygens (including phenoxy) is 6. The van der Waals surface area contributed by atoms with Crippen molar-refractivity contribution in [2.75, 3.05) is 14.2 Å². The van der Waals surface area contributed by atoms with Crippen molar-refractivity contribution < 1.29 is 47.6 Å². The zero-order chi connectivity index (χ0) is 28.1. The summed E-state index contributed by atoms with van der Waals surface area (Å²) in [7, 11) is 2.70. The highest BCUT2D eigenvalue weighted by molar-refractivity contribution is 5.86. The van der Waals surface area contributed by atoms with E-state index in [9.17, 15) is 19.2 Å². The summed E-state index contributed by atoms with van der Waals surface area (Å²) in [6, 6.07) is -2.50. The number of hydrogen-bond donors (Lipinski definition) is 3. The van der Waals surface area contributed by atoms with Crippen LogP contribution in [-0.2, 0) is 42.8 Å². The summed E-state index contributed by atoms with van der Waals surface area (Å²) in [5.74, 6) is -2.41. The molecule has 0 aromatic carbocycles. The largest absolute Gasteiger partial charge is 0.467 e. The van der Waals surface area contributed by atoms with Crippen LogP contribution in [0, 0.1) is 0 Å². The first-order valence-electron chi connectivity index (χ1n) is 12.3. The van der Waals surface area contributed by atoms with Crippen LogP contribution < -0.4 is 16.0 Å². The third-order valence-corrected chi connectivity index (χ3v) is 5.74. The molecule has 0 spiro atoms. The number of fused-ring (bicyclic) bond motifs is 1. The molecule has 0 bridgehead atoms. The van der Waals surface area contributed by atoms with Crippen LogP contribution in [0.5, 0.6) is 0 Å². The van der Waals surface area contributed by atoms with Gasteiger partial charge in [-0.1, -0.05) is 0 Å². The van der Waals surface area contributed by atoms with Crippen LogP contribution in [0.1, 0.15) is 61.3 Å². The monoisotopic (exact) mass is 531 g/mol. The van der Waals surface area contributed by atoms with E-state index in [1.165, 1.54) is 28.1 Å². The van der Waals surface area contributed by atoms with Crippen LogP contribution in [0.15, 0.2) is 0 Å². The minimum absolute atomic E-state index is 0.0424. The smallest absolute Gasteiger partial charge is 0.408 e. The molecule has 13 nitrogen and oxygen atoms in total. The Morgan fingerprint density at radius 2 is 1.57 bits per heavy atom. The fourth-order valence-electron chi connectivity index (χ4n) is 4.12. The van der Waals surface area contributed by atoms with E-state index in [1.54, 1.807) is 34.6 Å². The lowest BCUT2D eigenvalue weighted by atomic mass is 9.98. The fraction of sp³-hybridized carbons (Fsp3) is 0.833. The topological polar surface area (TPSA) is 160 Å². The minimum atomic E-state index is -0.946. The van der Waals surface area contributed by atoms with Gasteiger partial charge in [0.1, 0.15) is 36.0 Å². The molecule has 2 aliphatic heterocycles. The Morgan fingerprint density at radius 1 is 0.946 bits per heavy atom. The number of esters is 1. The number of nitrogens with one attached hydrogen (secondary N) is 3. The highest BCUT2D eigenvalue weighted by Gasteiger charge is 2.57. The van der Waals surface area contributed by atoms with Gasteiger partial charge in [0.15, 0.2) is 12.1 Å². The lowest BCUT2D eigenvalue weighted by molar-refractivity contribution is -0.230. The zero-order valence-electron chi connectivity index (χ0n) is 23.0. The van der Waals surface area contributed by atoms with Crippen LogP contribution in [-0.4, -0.2) is 92.2 Å². The van der Waals surface area contributed by atoms with Crippen molar-refractivity contribution in [3.05, 3.63) is 0 Å². The van der Waals surface area contributed by atoms with Gasteiger partial charge in [0.05, 0.1) is 13.2 Å². The van der Waals surface area contributed by atoms with E-state index < -0.39 is 78.0 Å². The van der Waals surface area contributed by atoms with E-state index in [1.807, 2.05) is 0 Å². The molecule has 3 N–H and O–H groups in total. The Hall–Kier alpha value is -2.48. The third-order valence-electron chi connectivity index (χ3n) is 5.74. The van der Waals surface area contributed by atoms with Crippen LogP contribution in [0.25, 0.3) is 0 Å². The van der Waals surface area contributed by atoms with Gasteiger partial charge < -0.3 is 44.4 Å². The summed E-state index contributed by atoms with van der Waals surface area (Å²) >= 11 is 0. The quantitative estimate of drug-likeness (QED) is 0.343. The lowest BCUT2D eigenvalue weighted by Crippen LogP contribution is -2.54. The predicted molar refractivity (Wildman–Crippen MR) is 129 cm³/mol. The second kappa shape index (κ2) is 12.4. The summed E-state index contributed by atoms with van der Waals surface area (Å²) < 4.78 is 33.3. The fourth-order valence-corrected chi connectivity index (χ4v) is 4.12. The third kappa shape index (κ3) is 8.80. The van der Waals surface area contributed by atoms with Crippen LogP contribution in [0.4, 0.5) is 4.79 Å². The van der Waals surface area contributed by atoms with E-state index in [0.717, 1.165) is 0 Å². The van der Waals surface area contributed by atoms with E-state index in [-0.39, 0.29) is 12.8 Å². The SMILES string of the molecule is COC(=O)[C@H](C)NC(=O)CC[C@H](NC(=O)[C@H](C)NC(=O)OC(C)(C)C)[C@H]1O[C@H](OC)[C@H]2OC(C)(C)O[C@H]21. The molecule has 13 heteroatoms. The number of alkyl carbamates (subject to hydrolysis) is 1. The molecule has 0 radical (unpaired) electrons. The van der Waals surface area contributed by atoms with Gasteiger partial charge in [-0.05, 0) is 54.9 Å². The van der Waals surface area contributed by atoms with Crippen molar-refractivity contribution in [3.8, 4) is 0 Å². The Balaban J connectivity index is 2.15. The number of rotatable bonds is 10. The summed E-state index contributed by atoms with van der Waals surface area (Å²) in [6.07, 6.45) is -3.25. The first-order chi connectivity index (χ1) is 17.1. The first-order valence-corrected chi connectivity index (χ1v) is 12.3. The van der Waals surface area contributed by atoms with E-state index in [2.05, 4.69) is 20.7 Å². The minimum Gasteiger partial charge on any atom is -0.467 e. The molecule has 2 heterocycles. The van der Waals surface area contributed by atoms with Crippen molar-refractivity contribution in [3.63, 3.8) is 0 Å². The van der Waals surface area contributed by atoms with Crippen molar-refractivity contribution in [2.24, 2.45) is 0 Å². The molecule has 212 valence electrons. The molecule has 2 rings (SSSR count). The molecule has 0 saturated carbocycles. The summed E-state index contributed by atoms with van der Waals surface area (Å²) in [4.78, 5) is 49.3. The standard InChI is InChI=1S/C24H41N3O10/c1-12(26-22(31)37-23(3,4)5)19(29)27-14(10-11-15(28)25-13(2)20(30)32-8)16-17-18(21(33-9)34-16)36-24(6,7)35-17/h12-14,16-18,21H,10-11H2,1-9H3,(H,25,28)(H,26,31)(H,27,29)/t12-,13-,14-,16+,17-,18-,21-/m0/s1. The van der Waals surface area contributed by atoms with Crippen molar-refractivity contribution in [1.29, 1.82) is 0 Å². The molecular weight excluding hydrogens is 490 g/mol. The van der Waals surface area contributed by atoms with Crippen molar-refractivity contribution in [1.82, 2.24) is 16.0 Å². The second-order valence-electron chi connectivity index (χ2n) is 10.6. The molecule has 0 aromatic rings. The maximum absolute atomic E-state index is 13.0. The van der Waals surface area contributed by atoms with Gasteiger partial charge in [-0.25, -0.2) is 9.59 Å². The molecule has 0 aliphatic carbocycles. The molecule has 0 aromatic heterocycles. The maximum Gasteiger partial charge on any atom is 0.408 e. The lowest BCUT2D eigenvalue weighted by Gasteiger charge is -2.30. The van der Waals surface area contributed by atoms with Gasteiger partial charge >= 0.3 is 12.1 Å². The Kier molecular flexibility index (Phi) is 10.3. The Labute approximate surface area is 217 Å². The van der Waals surface area contributed by atoms with Crippen LogP contribution >= 0.6 is 0 Å². The first kappa shape index (κ1) is 30.7. The van der Waals surface area contributed by atoms with Gasteiger partial charge in [-0.2, -0.15) is 0 Å². The molecule has 2 saturated heterocycles. The highest BCUT2D eigenvalue weighted by atomic mass is 16.8. The van der Waals surface area contributed by atoms with Crippen LogP contribution in [0.3, 0.4) is 0 Å². The molecule has 37 heavy (non-hydrogen) atoms. The van der Waals surface area contributed by atoms with Crippen molar-refractivity contribution in [2.45, 2.75) is 115 Å². The Morgan fingerprint density at radius 3 is 2.14 bits per heavy atom. The van der Waals surface area contributed by atoms with Crippen molar-refractivity contribution >= 4 is 23.9 Å². The molecule has 7 atom stereocenters. The van der Waals surface area contributed by atoms with E-state index >= 15 is 0 Å². The number of hydrogen-bond acceptors (Lipinski definition) is 10. The zero-order valence-corrected chi connectivity index (χ0v) is 23.0. The molecular formula is C24H41N3O10. The number of carbonyl (C=O) groups excluding carboxylic acids is 4. The highest BCUT2D eigenvalue weighted by Crippen LogP contribution is 2.40. The van der Waals surface area contributed by atoms with E-state index in [0.29, 0.717) is 0 Å². The van der Waals surface area contributed by atoms with Crippen LogP contribution in [0.2, 0.25) is 0 Å². The van der Waals surface area contributed by atoms with Gasteiger partial charge in [0.2, 0.25) is 11.8 Å². The number of methoxy groups -OCH3 is 2. The molecule has 0 unspecified atom stereocenters. The number of carbonyl (C=O) groups is 4. The Bertz CT molecular complexity index is 843. The van der Waals surface area contributed by atoms with Gasteiger partial charge in [-0.3, -0.25) is 9.59 Å². The molecule has 3 amide bonds. The van der Waals surface area contributed by atoms with Gasteiger partial charge in [0, 0.05) is 13.5 Å². The molecule has 2 aliphatic rings. The second-order valence-corrected chi connectivity index (χ2v) is 10.6. The van der Waals surface area contributed by atoms with E-state index in [4.69, 9.17) is 23.7 Å². The number of amides is 3.